The smallest absolute Gasteiger partial charge is 0.174 e. The molecule has 1 aromatic carbocycles. The lowest BCUT2D eigenvalue weighted by Gasteiger charge is -2.09. The molecule has 4 heteroatoms. The summed E-state index contributed by atoms with van der Waals surface area (Å²) in [5, 5.41) is 13.5. The molecular weight excluding hydrogens is 230 g/mol. The minimum atomic E-state index is -0.407. The van der Waals surface area contributed by atoms with E-state index in [0.717, 1.165) is 17.0 Å². The Balaban J connectivity index is 1.94. The molecule has 4 nitrogen and oxygen atoms in total. The van der Waals surface area contributed by atoms with E-state index < -0.39 is 6.10 Å². The van der Waals surface area contributed by atoms with Gasteiger partial charge in [-0.05, 0) is 31.0 Å². The van der Waals surface area contributed by atoms with Crippen molar-refractivity contribution in [2.75, 3.05) is 0 Å². The van der Waals surface area contributed by atoms with Crippen molar-refractivity contribution in [3.05, 3.63) is 47.3 Å². The molecule has 0 saturated heterocycles. The molecule has 2 aromatic rings. The van der Waals surface area contributed by atoms with Gasteiger partial charge in [-0.25, -0.2) is 0 Å². The van der Waals surface area contributed by atoms with Gasteiger partial charge in [0.05, 0.1) is 11.8 Å². The Hall–Kier alpha value is -1.81. The number of benzene rings is 1. The number of aromatic nitrogens is 1. The molecule has 1 atom stereocenters. The molecular formula is C14H17NO3. The molecule has 96 valence electrons. The van der Waals surface area contributed by atoms with Gasteiger partial charge in [0.25, 0.3) is 0 Å². The van der Waals surface area contributed by atoms with Gasteiger partial charge in [-0.2, -0.15) is 0 Å². The number of aliphatic hydroxyl groups excluding tert-OH is 1. The van der Waals surface area contributed by atoms with Crippen LogP contribution in [0.3, 0.4) is 0 Å². The molecule has 1 aromatic heterocycles. The average Bonchev–Trinajstić information content (AvgIpc) is 2.82. The van der Waals surface area contributed by atoms with Crippen molar-refractivity contribution in [3.63, 3.8) is 0 Å². The molecule has 0 fully saturated rings. The molecule has 0 spiro atoms. The fourth-order valence-corrected chi connectivity index (χ4v) is 1.66. The molecule has 0 aliphatic heterocycles. The van der Waals surface area contributed by atoms with E-state index in [4.69, 9.17) is 9.26 Å². The largest absolute Gasteiger partial charge is 0.486 e. The third-order valence-corrected chi connectivity index (χ3v) is 2.71. The van der Waals surface area contributed by atoms with Gasteiger partial charge < -0.3 is 14.4 Å². The normalized spacial score (nSPS) is 12.4. The van der Waals surface area contributed by atoms with E-state index in [1.807, 2.05) is 44.2 Å². The van der Waals surface area contributed by atoms with Crippen LogP contribution in [0.5, 0.6) is 5.75 Å². The molecule has 1 heterocycles. The standard InChI is InChI=1S/C14H17NO3/c1-3-14(16)11-4-6-12(7-5-11)17-9-13-8-10(2)15-18-13/h4-8,14,16H,3,9H2,1-2H3/t14-/m0/s1. The van der Waals surface area contributed by atoms with Crippen LogP contribution < -0.4 is 4.74 Å². The first-order valence-electron chi connectivity index (χ1n) is 6.02. The molecule has 0 aliphatic carbocycles. The average molecular weight is 247 g/mol. The summed E-state index contributed by atoms with van der Waals surface area (Å²) in [5.74, 6) is 1.45. The van der Waals surface area contributed by atoms with Crippen LogP contribution in [0.4, 0.5) is 0 Å². The Morgan fingerprint density at radius 1 is 1.33 bits per heavy atom. The molecule has 18 heavy (non-hydrogen) atoms. The monoisotopic (exact) mass is 247 g/mol. The first kappa shape index (κ1) is 12.6. The van der Waals surface area contributed by atoms with Crippen LogP contribution in [0.15, 0.2) is 34.9 Å². The van der Waals surface area contributed by atoms with Crippen molar-refractivity contribution >= 4 is 0 Å². The van der Waals surface area contributed by atoms with Crippen LogP contribution in [0.2, 0.25) is 0 Å². The van der Waals surface area contributed by atoms with Gasteiger partial charge in [-0.3, -0.25) is 0 Å². The Labute approximate surface area is 106 Å². The minimum Gasteiger partial charge on any atom is -0.486 e. The van der Waals surface area contributed by atoms with Gasteiger partial charge in [0, 0.05) is 6.07 Å². The van der Waals surface area contributed by atoms with E-state index >= 15 is 0 Å². The van der Waals surface area contributed by atoms with Gasteiger partial charge >= 0.3 is 0 Å². The zero-order valence-corrected chi connectivity index (χ0v) is 10.6. The summed E-state index contributed by atoms with van der Waals surface area (Å²) in [4.78, 5) is 0. The summed E-state index contributed by atoms with van der Waals surface area (Å²) < 4.78 is 10.6. The van der Waals surface area contributed by atoms with Crippen molar-refractivity contribution in [1.29, 1.82) is 0 Å². The Morgan fingerprint density at radius 3 is 2.61 bits per heavy atom. The van der Waals surface area contributed by atoms with E-state index in [1.54, 1.807) is 0 Å². The first-order chi connectivity index (χ1) is 8.69. The van der Waals surface area contributed by atoms with Crippen LogP contribution >= 0.6 is 0 Å². The van der Waals surface area contributed by atoms with Crippen molar-refractivity contribution in [2.24, 2.45) is 0 Å². The van der Waals surface area contributed by atoms with Gasteiger partial charge in [0.2, 0.25) is 0 Å². The molecule has 0 unspecified atom stereocenters. The number of hydrogen-bond acceptors (Lipinski definition) is 4. The predicted octanol–water partition coefficient (Wildman–Crippen LogP) is 3.01. The predicted molar refractivity (Wildman–Crippen MR) is 67.3 cm³/mol. The highest BCUT2D eigenvalue weighted by Crippen LogP contribution is 2.20. The maximum Gasteiger partial charge on any atom is 0.174 e. The Kier molecular flexibility index (Phi) is 3.99. The summed E-state index contributed by atoms with van der Waals surface area (Å²) in [5.41, 5.74) is 1.75. The lowest BCUT2D eigenvalue weighted by molar-refractivity contribution is 0.173. The molecule has 0 amide bonds. The second-order valence-electron chi connectivity index (χ2n) is 4.22. The SMILES string of the molecule is CC[C@H](O)c1ccc(OCc2cc(C)no2)cc1. The zero-order chi connectivity index (χ0) is 13.0. The van der Waals surface area contributed by atoms with E-state index in [0.29, 0.717) is 18.8 Å². The molecule has 1 N–H and O–H groups in total. The van der Waals surface area contributed by atoms with E-state index in [1.165, 1.54) is 0 Å². The van der Waals surface area contributed by atoms with Crippen LogP contribution in [-0.4, -0.2) is 10.3 Å². The summed E-state index contributed by atoms with van der Waals surface area (Å²) in [6.07, 6.45) is 0.299. The van der Waals surface area contributed by atoms with Crippen molar-refractivity contribution in [3.8, 4) is 5.75 Å². The van der Waals surface area contributed by atoms with Crippen molar-refractivity contribution in [2.45, 2.75) is 33.0 Å². The number of nitrogens with zero attached hydrogens (tertiary/aromatic N) is 1. The molecule has 0 aliphatic rings. The van der Waals surface area contributed by atoms with Crippen LogP contribution in [0, 0.1) is 6.92 Å². The minimum absolute atomic E-state index is 0.358. The number of hydrogen-bond donors (Lipinski definition) is 1. The Bertz CT molecular complexity index is 490. The van der Waals surface area contributed by atoms with Gasteiger partial charge in [0.15, 0.2) is 5.76 Å². The highest BCUT2D eigenvalue weighted by molar-refractivity contribution is 5.28. The maximum absolute atomic E-state index is 9.67. The fourth-order valence-electron chi connectivity index (χ4n) is 1.66. The van der Waals surface area contributed by atoms with E-state index in [-0.39, 0.29) is 0 Å². The topological polar surface area (TPSA) is 55.5 Å². The number of ether oxygens (including phenoxy) is 1. The van der Waals surface area contributed by atoms with Gasteiger partial charge in [-0.1, -0.05) is 24.2 Å². The van der Waals surface area contributed by atoms with Gasteiger partial charge in [-0.15, -0.1) is 0 Å². The quantitative estimate of drug-likeness (QED) is 0.882. The number of rotatable bonds is 5. The number of aryl methyl sites for hydroxylation is 1. The molecule has 2 rings (SSSR count). The number of aliphatic hydroxyl groups is 1. The van der Waals surface area contributed by atoms with Crippen LogP contribution in [0.25, 0.3) is 0 Å². The highest BCUT2D eigenvalue weighted by atomic mass is 16.5. The van der Waals surface area contributed by atoms with Crippen LogP contribution in [0.1, 0.15) is 36.5 Å². The molecule has 0 radical (unpaired) electrons. The fraction of sp³-hybridized carbons (Fsp3) is 0.357. The summed E-state index contributed by atoms with van der Waals surface area (Å²) in [7, 11) is 0. The van der Waals surface area contributed by atoms with E-state index in [9.17, 15) is 5.11 Å². The summed E-state index contributed by atoms with van der Waals surface area (Å²) >= 11 is 0. The highest BCUT2D eigenvalue weighted by Gasteiger charge is 2.05. The van der Waals surface area contributed by atoms with Crippen molar-refractivity contribution < 1.29 is 14.4 Å². The lowest BCUT2D eigenvalue weighted by atomic mass is 10.1. The van der Waals surface area contributed by atoms with E-state index in [2.05, 4.69) is 5.16 Å². The first-order valence-corrected chi connectivity index (χ1v) is 6.02. The molecule has 0 saturated carbocycles. The molecule has 0 bridgehead atoms. The zero-order valence-electron chi connectivity index (χ0n) is 10.6. The maximum atomic E-state index is 9.67. The third kappa shape index (κ3) is 3.11. The Morgan fingerprint density at radius 2 is 2.06 bits per heavy atom. The van der Waals surface area contributed by atoms with Gasteiger partial charge in [0.1, 0.15) is 12.4 Å². The second-order valence-corrected chi connectivity index (χ2v) is 4.22. The second kappa shape index (κ2) is 5.69. The van der Waals surface area contributed by atoms with Crippen LogP contribution in [-0.2, 0) is 6.61 Å². The lowest BCUT2D eigenvalue weighted by Crippen LogP contribution is -1.96. The summed E-state index contributed by atoms with van der Waals surface area (Å²) in [6.45, 7) is 4.17. The summed E-state index contributed by atoms with van der Waals surface area (Å²) in [6, 6.07) is 9.27. The van der Waals surface area contributed by atoms with Crippen molar-refractivity contribution in [1.82, 2.24) is 5.16 Å². The third-order valence-electron chi connectivity index (χ3n) is 2.71.